The summed E-state index contributed by atoms with van der Waals surface area (Å²) in [4.78, 5) is 4.18. The zero-order valence-corrected chi connectivity index (χ0v) is 17.4. The van der Waals surface area contributed by atoms with Gasteiger partial charge in [-0.05, 0) is 54.8 Å². The van der Waals surface area contributed by atoms with E-state index in [0.717, 1.165) is 36.1 Å². The summed E-state index contributed by atoms with van der Waals surface area (Å²) < 4.78 is 51.8. The highest BCUT2D eigenvalue weighted by Crippen LogP contribution is 2.42. The van der Waals surface area contributed by atoms with Gasteiger partial charge in [-0.1, -0.05) is 36.4 Å². The van der Waals surface area contributed by atoms with Crippen LogP contribution in [0, 0.1) is 5.82 Å². The molecule has 2 fully saturated rings. The Labute approximate surface area is 180 Å². The van der Waals surface area contributed by atoms with E-state index >= 15 is 0 Å². The molecule has 0 unspecified atom stereocenters. The molecule has 4 rings (SSSR count). The van der Waals surface area contributed by atoms with Gasteiger partial charge in [0, 0.05) is 31.1 Å². The fourth-order valence-electron chi connectivity index (χ4n) is 5.07. The van der Waals surface area contributed by atoms with Crippen molar-refractivity contribution in [2.75, 3.05) is 32.8 Å². The van der Waals surface area contributed by atoms with Crippen LogP contribution in [0.1, 0.15) is 30.7 Å². The summed E-state index contributed by atoms with van der Waals surface area (Å²) in [5, 5.41) is 10.0. The third kappa shape index (κ3) is 5.10. The van der Waals surface area contributed by atoms with Crippen LogP contribution < -0.4 is 0 Å². The maximum absolute atomic E-state index is 13.5. The summed E-state index contributed by atoms with van der Waals surface area (Å²) in [7, 11) is 0. The molecule has 2 aliphatic heterocycles. The van der Waals surface area contributed by atoms with Crippen molar-refractivity contribution in [1.82, 2.24) is 9.80 Å². The Morgan fingerprint density at radius 2 is 1.71 bits per heavy atom. The van der Waals surface area contributed by atoms with Crippen molar-refractivity contribution in [2.45, 2.75) is 43.4 Å². The van der Waals surface area contributed by atoms with E-state index in [-0.39, 0.29) is 37.0 Å². The van der Waals surface area contributed by atoms with E-state index in [9.17, 15) is 22.7 Å². The third-order valence-corrected chi connectivity index (χ3v) is 6.62. The number of halogens is 4. The Kier molecular flexibility index (Phi) is 6.65. The fraction of sp³-hybridized carbons (Fsp3) is 0.500. The number of rotatable bonds is 5. The highest BCUT2D eigenvalue weighted by molar-refractivity contribution is 5.63. The van der Waals surface area contributed by atoms with Gasteiger partial charge in [0.1, 0.15) is 5.82 Å². The molecular formula is C24H28F4N2O. The lowest BCUT2D eigenvalue weighted by molar-refractivity contribution is -0.140. The molecule has 2 aromatic carbocycles. The molecular weight excluding hydrogens is 408 g/mol. The van der Waals surface area contributed by atoms with Gasteiger partial charge in [0.15, 0.2) is 0 Å². The van der Waals surface area contributed by atoms with Crippen LogP contribution in [0.25, 0.3) is 11.1 Å². The molecule has 2 aromatic rings. The number of hydrogen-bond acceptors (Lipinski definition) is 3. The lowest BCUT2D eigenvalue weighted by atomic mass is 9.74. The number of hydrogen-bond donors (Lipinski definition) is 1. The molecule has 2 heterocycles. The molecule has 31 heavy (non-hydrogen) atoms. The second-order valence-corrected chi connectivity index (χ2v) is 8.59. The van der Waals surface area contributed by atoms with Gasteiger partial charge in [-0.2, -0.15) is 13.2 Å². The second kappa shape index (κ2) is 9.27. The zero-order valence-electron chi connectivity index (χ0n) is 17.4. The summed E-state index contributed by atoms with van der Waals surface area (Å²) >= 11 is 0. The standard InChI is InChI=1S/C24H28F4N2O/c25-20-5-3-4-19(14-20)17-6-8-18(9-7-17)23-21-15-29(13-10-24(26,27)28)11-1-2-12-30(21)22(23)16-31/h3-9,14,21-23,31H,1-2,10-13,15-16H2/t21-,22+,23-/m1/s1. The summed E-state index contributed by atoms with van der Waals surface area (Å²) in [6, 6.07) is 14.4. The van der Waals surface area contributed by atoms with Crippen LogP contribution in [-0.4, -0.2) is 66.0 Å². The van der Waals surface area contributed by atoms with Crippen LogP contribution >= 0.6 is 0 Å². The maximum atomic E-state index is 13.5. The third-order valence-electron chi connectivity index (χ3n) is 6.62. The van der Waals surface area contributed by atoms with Crippen molar-refractivity contribution in [3.8, 4) is 11.1 Å². The molecule has 2 saturated heterocycles. The molecule has 1 N–H and O–H groups in total. The van der Waals surface area contributed by atoms with E-state index in [4.69, 9.17) is 0 Å². The molecule has 0 aromatic heterocycles. The normalized spacial score (nSPS) is 25.4. The molecule has 3 nitrogen and oxygen atoms in total. The van der Waals surface area contributed by atoms with Crippen molar-refractivity contribution in [1.29, 1.82) is 0 Å². The number of fused-ring (bicyclic) bond motifs is 1. The van der Waals surface area contributed by atoms with Gasteiger partial charge in [0.25, 0.3) is 0 Å². The first-order valence-corrected chi connectivity index (χ1v) is 10.9. The first kappa shape index (κ1) is 22.2. The Hall–Kier alpha value is -1.96. The van der Waals surface area contributed by atoms with E-state index < -0.39 is 12.6 Å². The summed E-state index contributed by atoms with van der Waals surface area (Å²) in [6.45, 7) is 2.15. The van der Waals surface area contributed by atoms with Gasteiger partial charge >= 0.3 is 6.18 Å². The summed E-state index contributed by atoms with van der Waals surface area (Å²) in [5.74, 6) is -0.219. The minimum atomic E-state index is -4.15. The number of aliphatic hydroxyl groups is 1. The average Bonchev–Trinajstić information content (AvgIpc) is 2.72. The van der Waals surface area contributed by atoms with E-state index in [1.807, 2.05) is 35.2 Å². The highest BCUT2D eigenvalue weighted by atomic mass is 19.4. The minimum absolute atomic E-state index is 0.0167. The van der Waals surface area contributed by atoms with E-state index in [1.165, 1.54) is 12.1 Å². The van der Waals surface area contributed by atoms with Gasteiger partial charge in [-0.3, -0.25) is 4.90 Å². The number of nitrogens with zero attached hydrogens (tertiary/aromatic N) is 2. The first-order valence-electron chi connectivity index (χ1n) is 10.9. The lowest BCUT2D eigenvalue weighted by Crippen LogP contribution is -2.67. The molecule has 0 amide bonds. The van der Waals surface area contributed by atoms with Crippen LogP contribution in [0.4, 0.5) is 17.6 Å². The molecule has 0 aliphatic carbocycles. The Morgan fingerprint density at radius 1 is 0.968 bits per heavy atom. The van der Waals surface area contributed by atoms with Crippen LogP contribution in [0.5, 0.6) is 0 Å². The van der Waals surface area contributed by atoms with Crippen molar-refractivity contribution in [3.63, 3.8) is 0 Å². The monoisotopic (exact) mass is 436 g/mol. The maximum Gasteiger partial charge on any atom is 0.390 e. The molecule has 7 heteroatoms. The average molecular weight is 436 g/mol. The Balaban J connectivity index is 1.52. The number of aliphatic hydroxyl groups excluding tert-OH is 1. The van der Waals surface area contributed by atoms with Gasteiger partial charge in [-0.25, -0.2) is 4.39 Å². The van der Waals surface area contributed by atoms with E-state index in [2.05, 4.69) is 4.90 Å². The lowest BCUT2D eigenvalue weighted by Gasteiger charge is -2.57. The summed E-state index contributed by atoms with van der Waals surface area (Å²) in [6.07, 6.45) is -3.16. The van der Waals surface area contributed by atoms with Crippen molar-refractivity contribution in [2.24, 2.45) is 0 Å². The van der Waals surface area contributed by atoms with Crippen LogP contribution in [0.2, 0.25) is 0 Å². The molecule has 0 bridgehead atoms. The van der Waals surface area contributed by atoms with E-state index in [0.29, 0.717) is 13.1 Å². The SMILES string of the molecule is OC[C@H]1[C@H](c2ccc(-c3cccc(F)c3)cc2)[C@H]2CN(CCC(F)(F)F)CCCCN21. The molecule has 2 aliphatic rings. The van der Waals surface area contributed by atoms with Gasteiger partial charge in [0.05, 0.1) is 13.0 Å². The topological polar surface area (TPSA) is 26.7 Å². The van der Waals surface area contributed by atoms with Crippen LogP contribution in [-0.2, 0) is 0 Å². The molecule has 168 valence electrons. The van der Waals surface area contributed by atoms with Gasteiger partial charge < -0.3 is 10.0 Å². The fourth-order valence-corrected chi connectivity index (χ4v) is 5.07. The predicted octanol–water partition coefficient (Wildman–Crippen LogP) is 4.67. The van der Waals surface area contributed by atoms with Crippen LogP contribution in [0.15, 0.2) is 48.5 Å². The van der Waals surface area contributed by atoms with Crippen molar-refractivity contribution < 1.29 is 22.7 Å². The molecule has 3 atom stereocenters. The largest absolute Gasteiger partial charge is 0.395 e. The predicted molar refractivity (Wildman–Crippen MR) is 112 cm³/mol. The van der Waals surface area contributed by atoms with Crippen molar-refractivity contribution in [3.05, 3.63) is 59.9 Å². The highest BCUT2D eigenvalue weighted by Gasteiger charge is 2.49. The zero-order chi connectivity index (χ0) is 22.0. The van der Waals surface area contributed by atoms with Gasteiger partial charge in [0.2, 0.25) is 0 Å². The summed E-state index contributed by atoms with van der Waals surface area (Å²) in [5.41, 5.74) is 2.77. The van der Waals surface area contributed by atoms with Crippen LogP contribution in [0.3, 0.4) is 0 Å². The quantitative estimate of drug-likeness (QED) is 0.690. The molecule has 0 radical (unpaired) electrons. The Bertz CT molecular complexity index is 871. The van der Waals surface area contributed by atoms with Gasteiger partial charge in [-0.15, -0.1) is 0 Å². The molecule has 0 saturated carbocycles. The minimum Gasteiger partial charge on any atom is -0.395 e. The Morgan fingerprint density at radius 3 is 2.39 bits per heavy atom. The first-order chi connectivity index (χ1) is 14.9. The second-order valence-electron chi connectivity index (χ2n) is 8.59. The van der Waals surface area contributed by atoms with E-state index in [1.54, 1.807) is 6.07 Å². The number of alkyl halides is 3. The number of benzene rings is 2. The smallest absolute Gasteiger partial charge is 0.390 e. The molecule has 0 spiro atoms. The van der Waals surface area contributed by atoms with Crippen molar-refractivity contribution >= 4 is 0 Å².